The molecular weight excluding hydrogens is 442 g/mol. The minimum atomic E-state index is -3.63. The Hall–Kier alpha value is -2.42. The summed E-state index contributed by atoms with van der Waals surface area (Å²) in [5.41, 5.74) is 1.42. The number of hydrogen-bond acceptors (Lipinski definition) is 5. The van der Waals surface area contributed by atoms with Crippen LogP contribution in [0, 0.1) is 0 Å². The van der Waals surface area contributed by atoms with Crippen molar-refractivity contribution in [3.8, 4) is 0 Å². The third-order valence-electron chi connectivity index (χ3n) is 5.91. The fraction of sp³-hybridized carbons (Fsp3) is 0.375. The van der Waals surface area contributed by atoms with Gasteiger partial charge >= 0.3 is 0 Å². The molecule has 32 heavy (non-hydrogen) atoms. The number of carbonyl (C=O) groups excluding carboxylic acids is 1. The second kappa shape index (κ2) is 9.60. The van der Waals surface area contributed by atoms with Gasteiger partial charge in [-0.15, -0.1) is 11.3 Å². The third-order valence-corrected chi connectivity index (χ3v) is 9.07. The molecule has 1 amide bonds. The highest BCUT2D eigenvalue weighted by molar-refractivity contribution is 7.89. The first kappa shape index (κ1) is 22.8. The van der Waals surface area contributed by atoms with Gasteiger partial charge in [0, 0.05) is 30.9 Å². The number of nitrogens with zero attached hydrogens (tertiary/aromatic N) is 2. The maximum absolute atomic E-state index is 13.1. The third kappa shape index (κ3) is 4.53. The van der Waals surface area contributed by atoms with Crippen molar-refractivity contribution >= 4 is 48.7 Å². The van der Waals surface area contributed by atoms with E-state index in [2.05, 4.69) is 10.2 Å². The van der Waals surface area contributed by atoms with E-state index in [4.69, 9.17) is 0 Å². The monoisotopic (exact) mass is 471 g/mol. The van der Waals surface area contributed by atoms with Crippen LogP contribution in [0.4, 0.5) is 11.4 Å². The number of nitrogens with one attached hydrogen (secondary N) is 1. The lowest BCUT2D eigenvalue weighted by atomic mass is 10.1. The molecule has 1 aliphatic rings. The summed E-state index contributed by atoms with van der Waals surface area (Å²) < 4.78 is 28.7. The molecule has 0 radical (unpaired) electrons. The van der Waals surface area contributed by atoms with Crippen LogP contribution in [0.1, 0.15) is 42.8 Å². The number of rotatable bonds is 7. The van der Waals surface area contributed by atoms with Gasteiger partial charge in [-0.3, -0.25) is 4.79 Å². The molecule has 2 heterocycles. The van der Waals surface area contributed by atoms with E-state index in [9.17, 15) is 13.2 Å². The van der Waals surface area contributed by atoms with Crippen molar-refractivity contribution in [2.75, 3.05) is 36.4 Å². The Morgan fingerprint density at radius 3 is 2.44 bits per heavy atom. The van der Waals surface area contributed by atoms with Gasteiger partial charge in [-0.25, -0.2) is 8.42 Å². The second-order valence-corrected chi connectivity index (χ2v) is 10.9. The van der Waals surface area contributed by atoms with Crippen molar-refractivity contribution in [3.63, 3.8) is 0 Å². The average Bonchev–Trinajstić information content (AvgIpc) is 3.25. The molecule has 6 nitrogen and oxygen atoms in total. The number of anilines is 2. The lowest BCUT2D eigenvalue weighted by molar-refractivity contribution is 0.103. The van der Waals surface area contributed by atoms with E-state index in [-0.39, 0.29) is 10.8 Å². The molecule has 0 saturated carbocycles. The number of fused-ring (bicyclic) bond motifs is 1. The molecule has 1 N–H and O–H groups in total. The summed E-state index contributed by atoms with van der Waals surface area (Å²) in [6, 6.07) is 14.9. The number of sulfonamides is 1. The van der Waals surface area contributed by atoms with Crippen LogP contribution in [0.2, 0.25) is 0 Å². The molecule has 0 unspecified atom stereocenters. The Balaban J connectivity index is 1.71. The summed E-state index contributed by atoms with van der Waals surface area (Å²) in [4.78, 5) is 16.2. The molecule has 0 spiro atoms. The Morgan fingerprint density at radius 1 is 1.03 bits per heavy atom. The van der Waals surface area contributed by atoms with Gasteiger partial charge in [0.2, 0.25) is 10.0 Å². The first-order chi connectivity index (χ1) is 15.4. The predicted molar refractivity (Wildman–Crippen MR) is 132 cm³/mol. The quantitative estimate of drug-likeness (QED) is 0.516. The molecule has 1 aromatic heterocycles. The molecule has 1 saturated heterocycles. The molecule has 4 rings (SSSR count). The van der Waals surface area contributed by atoms with Gasteiger partial charge < -0.3 is 10.2 Å². The maximum atomic E-state index is 13.1. The van der Waals surface area contributed by atoms with E-state index in [1.165, 1.54) is 22.1 Å². The van der Waals surface area contributed by atoms with Crippen molar-refractivity contribution in [1.29, 1.82) is 0 Å². The van der Waals surface area contributed by atoms with E-state index in [1.54, 1.807) is 12.1 Å². The number of hydrogen-bond donors (Lipinski definition) is 1. The Bertz CT molecular complexity index is 1180. The highest BCUT2D eigenvalue weighted by Crippen LogP contribution is 2.33. The summed E-state index contributed by atoms with van der Waals surface area (Å²) in [6.07, 6.45) is 3.36. The van der Waals surface area contributed by atoms with Crippen LogP contribution in [0.15, 0.2) is 53.4 Å². The number of piperidine rings is 1. The van der Waals surface area contributed by atoms with Crippen LogP contribution in [-0.2, 0) is 10.0 Å². The standard InChI is InChI=1S/C24H29N3O3S2/c1-3-27(4-2)32(29,30)19-12-13-21(26-14-8-5-9-15-26)20(17-19)25-24(28)23-16-18-10-6-7-11-22(18)31-23/h6-7,10-13,16-17H,3-5,8-9,14-15H2,1-2H3,(H,25,28). The van der Waals surface area contributed by atoms with E-state index in [0.29, 0.717) is 23.7 Å². The topological polar surface area (TPSA) is 69.7 Å². The van der Waals surface area contributed by atoms with Crippen LogP contribution in [0.5, 0.6) is 0 Å². The molecule has 0 aliphatic carbocycles. The summed E-state index contributed by atoms with van der Waals surface area (Å²) in [5.74, 6) is -0.221. The normalized spacial score (nSPS) is 14.8. The minimum Gasteiger partial charge on any atom is -0.370 e. The molecule has 2 aromatic carbocycles. The lowest BCUT2D eigenvalue weighted by Gasteiger charge is -2.31. The SMILES string of the molecule is CCN(CC)S(=O)(=O)c1ccc(N2CCCCC2)c(NC(=O)c2cc3ccccc3s2)c1. The van der Waals surface area contributed by atoms with Gasteiger partial charge in [0.05, 0.1) is 21.1 Å². The maximum Gasteiger partial charge on any atom is 0.265 e. The highest BCUT2D eigenvalue weighted by Gasteiger charge is 2.25. The zero-order chi connectivity index (χ0) is 22.7. The molecule has 1 aliphatic heterocycles. The summed E-state index contributed by atoms with van der Waals surface area (Å²) in [6.45, 7) is 6.24. The molecule has 0 atom stereocenters. The summed E-state index contributed by atoms with van der Waals surface area (Å²) >= 11 is 1.44. The van der Waals surface area contributed by atoms with Crippen LogP contribution in [-0.4, -0.2) is 44.8 Å². The molecule has 3 aromatic rings. The molecule has 0 bridgehead atoms. The van der Waals surface area contributed by atoms with Crippen molar-refractivity contribution < 1.29 is 13.2 Å². The fourth-order valence-electron chi connectivity index (χ4n) is 4.18. The minimum absolute atomic E-state index is 0.202. The van der Waals surface area contributed by atoms with Gasteiger partial charge in [-0.2, -0.15) is 4.31 Å². The van der Waals surface area contributed by atoms with E-state index >= 15 is 0 Å². The fourth-order valence-corrected chi connectivity index (χ4v) is 6.62. The Morgan fingerprint density at radius 2 is 1.75 bits per heavy atom. The predicted octanol–water partition coefficient (Wildman–Crippen LogP) is 5.17. The van der Waals surface area contributed by atoms with Crippen molar-refractivity contribution in [2.45, 2.75) is 38.0 Å². The zero-order valence-electron chi connectivity index (χ0n) is 18.5. The summed E-state index contributed by atoms with van der Waals surface area (Å²) in [5, 5.41) is 4.04. The van der Waals surface area contributed by atoms with Gasteiger partial charge in [-0.05, 0) is 55.0 Å². The van der Waals surface area contributed by atoms with Gasteiger partial charge in [0.1, 0.15) is 0 Å². The van der Waals surface area contributed by atoms with E-state index in [0.717, 1.165) is 41.7 Å². The van der Waals surface area contributed by atoms with Crippen molar-refractivity contribution in [3.05, 3.63) is 53.4 Å². The van der Waals surface area contributed by atoms with Crippen LogP contribution in [0.3, 0.4) is 0 Å². The number of carbonyl (C=O) groups is 1. The number of benzene rings is 2. The average molecular weight is 472 g/mol. The second-order valence-electron chi connectivity index (χ2n) is 7.92. The van der Waals surface area contributed by atoms with Gasteiger partial charge in [0.15, 0.2) is 0 Å². The van der Waals surface area contributed by atoms with Crippen molar-refractivity contribution in [2.24, 2.45) is 0 Å². The molecule has 1 fully saturated rings. The van der Waals surface area contributed by atoms with E-state index in [1.807, 2.05) is 50.2 Å². The van der Waals surface area contributed by atoms with Gasteiger partial charge in [0.25, 0.3) is 5.91 Å². The van der Waals surface area contributed by atoms with Gasteiger partial charge in [-0.1, -0.05) is 32.0 Å². The van der Waals surface area contributed by atoms with Crippen molar-refractivity contribution in [1.82, 2.24) is 4.31 Å². The highest BCUT2D eigenvalue weighted by atomic mass is 32.2. The largest absolute Gasteiger partial charge is 0.370 e. The zero-order valence-corrected chi connectivity index (χ0v) is 20.1. The number of amides is 1. The first-order valence-electron chi connectivity index (χ1n) is 11.1. The first-order valence-corrected chi connectivity index (χ1v) is 13.4. The van der Waals surface area contributed by atoms with E-state index < -0.39 is 10.0 Å². The van der Waals surface area contributed by atoms with Crippen LogP contribution in [0.25, 0.3) is 10.1 Å². The lowest BCUT2D eigenvalue weighted by Crippen LogP contribution is -2.32. The van der Waals surface area contributed by atoms with Crippen LogP contribution < -0.4 is 10.2 Å². The Labute approximate surface area is 193 Å². The summed E-state index contributed by atoms with van der Waals surface area (Å²) in [7, 11) is -3.63. The van der Waals surface area contributed by atoms with Crippen LogP contribution >= 0.6 is 11.3 Å². The molecular formula is C24H29N3O3S2. The number of thiophene rings is 1. The molecule has 8 heteroatoms. The molecule has 170 valence electrons. The Kier molecular flexibility index (Phi) is 6.83. The smallest absolute Gasteiger partial charge is 0.265 e.